The highest BCUT2D eigenvalue weighted by Crippen LogP contribution is 2.32. The number of halogens is 3. The molecular formula is C21H35F2IN4O2. The van der Waals surface area contributed by atoms with Crippen molar-refractivity contribution in [3.63, 3.8) is 0 Å². The number of rotatable bonds is 10. The summed E-state index contributed by atoms with van der Waals surface area (Å²) < 4.78 is 35.8. The van der Waals surface area contributed by atoms with Gasteiger partial charge in [-0.2, -0.15) is 8.78 Å². The molecule has 0 aliphatic carbocycles. The summed E-state index contributed by atoms with van der Waals surface area (Å²) in [6.07, 6.45) is 3.54. The number of hydrogen-bond donors (Lipinski definition) is 2. The fraction of sp³-hybridized carbons (Fsp3) is 0.667. The van der Waals surface area contributed by atoms with E-state index >= 15 is 0 Å². The number of piperidine rings is 1. The molecule has 0 radical (unpaired) electrons. The molecular weight excluding hydrogens is 505 g/mol. The molecule has 1 saturated heterocycles. The molecule has 1 fully saturated rings. The van der Waals surface area contributed by atoms with Crippen LogP contribution in [0, 0.1) is 5.92 Å². The number of likely N-dealkylation sites (tertiary alicyclic amines) is 1. The van der Waals surface area contributed by atoms with Crippen LogP contribution in [0.15, 0.2) is 23.2 Å². The summed E-state index contributed by atoms with van der Waals surface area (Å²) in [7, 11) is 1.70. The number of para-hydroxylation sites is 1. The molecule has 2 rings (SSSR count). The highest BCUT2D eigenvalue weighted by Gasteiger charge is 2.19. The second-order valence-corrected chi connectivity index (χ2v) is 7.15. The third-order valence-corrected chi connectivity index (χ3v) is 5.04. The van der Waals surface area contributed by atoms with Crippen LogP contribution in [0.1, 0.15) is 38.7 Å². The third-order valence-electron chi connectivity index (χ3n) is 5.04. The summed E-state index contributed by atoms with van der Waals surface area (Å²) in [6, 6.07) is 5.13. The van der Waals surface area contributed by atoms with Gasteiger partial charge in [0.15, 0.2) is 17.5 Å². The Hall–Kier alpha value is -1.36. The highest BCUT2D eigenvalue weighted by molar-refractivity contribution is 14.0. The number of guanidine groups is 1. The van der Waals surface area contributed by atoms with E-state index in [1.807, 2.05) is 0 Å². The van der Waals surface area contributed by atoms with Crippen LogP contribution < -0.4 is 20.1 Å². The van der Waals surface area contributed by atoms with E-state index in [2.05, 4.69) is 27.4 Å². The van der Waals surface area contributed by atoms with Gasteiger partial charge in [-0.05, 0) is 57.8 Å². The van der Waals surface area contributed by atoms with E-state index in [-0.39, 0.29) is 29.7 Å². The molecule has 0 amide bonds. The van der Waals surface area contributed by atoms with Gasteiger partial charge >= 0.3 is 6.61 Å². The molecule has 172 valence electrons. The summed E-state index contributed by atoms with van der Waals surface area (Å²) in [6.45, 7) is 6.09. The topological polar surface area (TPSA) is 58.1 Å². The normalized spacial score (nSPS) is 15.6. The number of benzene rings is 1. The van der Waals surface area contributed by atoms with Gasteiger partial charge in [-0.15, -0.1) is 24.0 Å². The quantitative estimate of drug-likeness (QED) is 0.266. The number of nitrogens with zero attached hydrogens (tertiary/aromatic N) is 2. The van der Waals surface area contributed by atoms with Gasteiger partial charge in [0.2, 0.25) is 0 Å². The van der Waals surface area contributed by atoms with Gasteiger partial charge in [0.25, 0.3) is 0 Å². The molecule has 6 nitrogen and oxygen atoms in total. The number of ether oxygens (including phenoxy) is 2. The van der Waals surface area contributed by atoms with Crippen molar-refractivity contribution in [3.05, 3.63) is 23.8 Å². The third kappa shape index (κ3) is 8.79. The standard InChI is InChI=1S/C21H34F2N4O2.HI/c1-4-11-27-12-9-16(10-13-27)14-25-21(24-3)26-15-17-7-6-8-18(28-5-2)19(17)29-20(22)23;/h6-8,16,20H,4-5,9-15H2,1-3H3,(H2,24,25,26);1H. The monoisotopic (exact) mass is 540 g/mol. The molecule has 30 heavy (non-hydrogen) atoms. The average molecular weight is 540 g/mol. The van der Waals surface area contributed by atoms with E-state index in [9.17, 15) is 8.78 Å². The minimum absolute atomic E-state index is 0. The predicted octanol–water partition coefficient (Wildman–Crippen LogP) is 4.09. The van der Waals surface area contributed by atoms with Gasteiger partial charge < -0.3 is 25.0 Å². The van der Waals surface area contributed by atoms with Crippen LogP contribution in [0.25, 0.3) is 0 Å². The van der Waals surface area contributed by atoms with Crippen LogP contribution in [0.5, 0.6) is 11.5 Å². The Labute approximate surface area is 195 Å². The molecule has 2 N–H and O–H groups in total. The Balaban J connectivity index is 0.00000450. The molecule has 1 aliphatic rings. The summed E-state index contributed by atoms with van der Waals surface area (Å²) in [4.78, 5) is 6.76. The molecule has 1 aromatic carbocycles. The highest BCUT2D eigenvalue weighted by atomic mass is 127. The summed E-state index contributed by atoms with van der Waals surface area (Å²) in [5.74, 6) is 1.64. The number of nitrogens with one attached hydrogen (secondary N) is 2. The van der Waals surface area contributed by atoms with Gasteiger partial charge in [-0.1, -0.05) is 19.1 Å². The Bertz CT molecular complexity index is 641. The molecule has 0 aromatic heterocycles. The summed E-state index contributed by atoms with van der Waals surface area (Å²) in [5, 5.41) is 6.54. The van der Waals surface area contributed by atoms with Crippen LogP contribution >= 0.6 is 24.0 Å². The lowest BCUT2D eigenvalue weighted by Crippen LogP contribution is -2.42. The van der Waals surface area contributed by atoms with E-state index in [0.29, 0.717) is 36.3 Å². The molecule has 0 unspecified atom stereocenters. The van der Waals surface area contributed by atoms with Crippen molar-refractivity contribution >= 4 is 29.9 Å². The fourth-order valence-electron chi connectivity index (χ4n) is 3.56. The summed E-state index contributed by atoms with van der Waals surface area (Å²) in [5.41, 5.74) is 0.590. The van der Waals surface area contributed by atoms with E-state index in [1.54, 1.807) is 32.2 Å². The maximum absolute atomic E-state index is 12.9. The minimum Gasteiger partial charge on any atom is -0.490 e. The molecule has 0 bridgehead atoms. The summed E-state index contributed by atoms with van der Waals surface area (Å²) >= 11 is 0. The smallest absolute Gasteiger partial charge is 0.387 e. The van der Waals surface area contributed by atoms with Crippen molar-refractivity contribution in [1.29, 1.82) is 0 Å². The Kier molecular flexibility index (Phi) is 13.0. The van der Waals surface area contributed by atoms with Crippen LogP contribution in [0.3, 0.4) is 0 Å². The van der Waals surface area contributed by atoms with Crippen LogP contribution in [-0.4, -0.2) is 57.3 Å². The second-order valence-electron chi connectivity index (χ2n) is 7.15. The molecule has 0 spiro atoms. The lowest BCUT2D eigenvalue weighted by Gasteiger charge is -2.32. The molecule has 1 aromatic rings. The Morgan fingerprint density at radius 3 is 2.57 bits per heavy atom. The van der Waals surface area contributed by atoms with Gasteiger partial charge in [-0.25, -0.2) is 0 Å². The molecule has 1 aliphatic heterocycles. The van der Waals surface area contributed by atoms with Crippen LogP contribution in [0.2, 0.25) is 0 Å². The molecule has 9 heteroatoms. The first-order valence-corrected chi connectivity index (χ1v) is 10.4. The van der Waals surface area contributed by atoms with E-state index in [0.717, 1.165) is 19.6 Å². The zero-order valence-electron chi connectivity index (χ0n) is 18.1. The lowest BCUT2D eigenvalue weighted by molar-refractivity contribution is -0.0520. The predicted molar refractivity (Wildman–Crippen MR) is 127 cm³/mol. The SMILES string of the molecule is CCCN1CCC(CNC(=NC)NCc2cccc(OCC)c2OC(F)F)CC1.I. The Morgan fingerprint density at radius 2 is 1.97 bits per heavy atom. The van der Waals surface area contributed by atoms with Crippen molar-refractivity contribution < 1.29 is 18.3 Å². The second kappa shape index (κ2) is 14.6. The van der Waals surface area contributed by atoms with Gasteiger partial charge in [-0.3, -0.25) is 4.99 Å². The van der Waals surface area contributed by atoms with E-state index in [4.69, 9.17) is 9.47 Å². The number of aliphatic imine (C=N–C) groups is 1. The van der Waals surface area contributed by atoms with E-state index < -0.39 is 6.61 Å². The van der Waals surface area contributed by atoms with Crippen LogP contribution in [-0.2, 0) is 6.54 Å². The van der Waals surface area contributed by atoms with Crippen molar-refractivity contribution in [2.75, 3.05) is 39.8 Å². The first kappa shape index (κ1) is 26.7. The van der Waals surface area contributed by atoms with Crippen molar-refractivity contribution in [1.82, 2.24) is 15.5 Å². The number of alkyl halides is 2. The first-order valence-electron chi connectivity index (χ1n) is 10.4. The molecule has 0 saturated carbocycles. The van der Waals surface area contributed by atoms with Gasteiger partial charge in [0.05, 0.1) is 6.61 Å². The van der Waals surface area contributed by atoms with Gasteiger partial charge in [0.1, 0.15) is 0 Å². The van der Waals surface area contributed by atoms with Crippen molar-refractivity contribution in [2.24, 2.45) is 10.9 Å². The van der Waals surface area contributed by atoms with Crippen LogP contribution in [0.4, 0.5) is 8.78 Å². The molecule has 0 atom stereocenters. The first-order chi connectivity index (χ1) is 14.1. The van der Waals surface area contributed by atoms with Gasteiger partial charge in [0, 0.05) is 25.7 Å². The average Bonchev–Trinajstić information content (AvgIpc) is 2.71. The lowest BCUT2D eigenvalue weighted by atomic mass is 9.97. The number of hydrogen-bond acceptors (Lipinski definition) is 4. The zero-order chi connectivity index (χ0) is 21.1. The maximum atomic E-state index is 12.9. The zero-order valence-corrected chi connectivity index (χ0v) is 20.5. The maximum Gasteiger partial charge on any atom is 0.387 e. The van der Waals surface area contributed by atoms with E-state index in [1.165, 1.54) is 25.8 Å². The van der Waals surface area contributed by atoms with Crippen molar-refractivity contribution in [2.45, 2.75) is 46.3 Å². The Morgan fingerprint density at radius 1 is 1.23 bits per heavy atom. The molecule has 1 heterocycles. The fourth-order valence-corrected chi connectivity index (χ4v) is 3.56. The van der Waals surface area contributed by atoms with Crippen molar-refractivity contribution in [3.8, 4) is 11.5 Å². The largest absolute Gasteiger partial charge is 0.490 e. The minimum atomic E-state index is -2.91.